The quantitative estimate of drug-likeness (QED) is 0.668. The van der Waals surface area contributed by atoms with E-state index in [0.717, 1.165) is 18.2 Å². The number of hydrogen-bond acceptors (Lipinski definition) is 3. The Bertz CT molecular complexity index is 1130. The summed E-state index contributed by atoms with van der Waals surface area (Å²) in [5.74, 6) is -3.22. The molecule has 144 valence electrons. The first-order valence-corrected chi connectivity index (χ1v) is 9.38. The molecule has 0 saturated heterocycles. The lowest BCUT2D eigenvalue weighted by Crippen LogP contribution is -2.19. The molecule has 3 aromatic rings. The molecule has 0 atom stereocenters. The van der Waals surface area contributed by atoms with Gasteiger partial charge in [-0.3, -0.25) is 9.52 Å². The smallest absolute Gasteiger partial charge is 0.264 e. The third kappa shape index (κ3) is 4.32. The van der Waals surface area contributed by atoms with Gasteiger partial charge in [0.1, 0.15) is 22.3 Å². The molecule has 2 N–H and O–H groups in total. The van der Waals surface area contributed by atoms with E-state index in [9.17, 15) is 26.4 Å². The van der Waals surface area contributed by atoms with Gasteiger partial charge in [-0.05, 0) is 54.6 Å². The highest BCUT2D eigenvalue weighted by atomic mass is 32.2. The molecule has 0 aliphatic carbocycles. The van der Waals surface area contributed by atoms with Gasteiger partial charge in [0.15, 0.2) is 0 Å². The molecule has 28 heavy (non-hydrogen) atoms. The Morgan fingerprint density at radius 2 is 1.46 bits per heavy atom. The maximum Gasteiger partial charge on any atom is 0.264 e. The molecule has 0 fully saturated rings. The number of anilines is 2. The van der Waals surface area contributed by atoms with E-state index in [1.165, 1.54) is 36.4 Å². The van der Waals surface area contributed by atoms with Crippen LogP contribution in [0.1, 0.15) is 10.4 Å². The van der Waals surface area contributed by atoms with Crippen molar-refractivity contribution in [3.05, 3.63) is 89.7 Å². The number of rotatable bonds is 5. The van der Waals surface area contributed by atoms with Gasteiger partial charge in [0.25, 0.3) is 15.9 Å². The van der Waals surface area contributed by atoms with Crippen LogP contribution in [0.15, 0.2) is 71.6 Å². The first-order valence-electron chi connectivity index (χ1n) is 7.90. The van der Waals surface area contributed by atoms with Crippen molar-refractivity contribution in [3.63, 3.8) is 0 Å². The van der Waals surface area contributed by atoms with Crippen LogP contribution in [0.4, 0.5) is 24.5 Å². The molecule has 3 aromatic carbocycles. The van der Waals surface area contributed by atoms with E-state index in [0.29, 0.717) is 17.8 Å². The van der Waals surface area contributed by atoms with Crippen LogP contribution in [0.5, 0.6) is 0 Å². The minimum atomic E-state index is -4.50. The van der Waals surface area contributed by atoms with Gasteiger partial charge in [0.05, 0.1) is 11.3 Å². The van der Waals surface area contributed by atoms with Gasteiger partial charge in [-0.25, -0.2) is 21.6 Å². The van der Waals surface area contributed by atoms with Crippen LogP contribution in [0.2, 0.25) is 0 Å². The van der Waals surface area contributed by atoms with Crippen molar-refractivity contribution in [2.75, 3.05) is 10.0 Å². The lowest BCUT2D eigenvalue weighted by Gasteiger charge is -2.13. The summed E-state index contributed by atoms with van der Waals surface area (Å²) in [7, 11) is -4.50. The number of para-hydroxylation sites is 1. The van der Waals surface area contributed by atoms with Crippen molar-refractivity contribution >= 4 is 27.3 Å². The Kier molecular flexibility index (Phi) is 5.36. The Labute approximate surface area is 158 Å². The lowest BCUT2D eigenvalue weighted by atomic mass is 10.1. The zero-order valence-corrected chi connectivity index (χ0v) is 14.9. The second kappa shape index (κ2) is 7.73. The second-order valence-electron chi connectivity index (χ2n) is 5.69. The summed E-state index contributed by atoms with van der Waals surface area (Å²) in [6.45, 7) is 0. The normalized spacial score (nSPS) is 11.1. The van der Waals surface area contributed by atoms with Crippen LogP contribution in [0, 0.1) is 17.5 Å². The lowest BCUT2D eigenvalue weighted by molar-refractivity contribution is 0.102. The largest absolute Gasteiger partial charge is 0.322 e. The van der Waals surface area contributed by atoms with Crippen LogP contribution in [0.25, 0.3) is 0 Å². The predicted molar refractivity (Wildman–Crippen MR) is 98.0 cm³/mol. The molecule has 0 aromatic heterocycles. The molecule has 0 radical (unpaired) electrons. The van der Waals surface area contributed by atoms with E-state index >= 15 is 0 Å². The van der Waals surface area contributed by atoms with Gasteiger partial charge in [-0.2, -0.15) is 0 Å². The molecule has 0 aliphatic rings. The van der Waals surface area contributed by atoms with Crippen LogP contribution in [-0.4, -0.2) is 14.3 Å². The van der Waals surface area contributed by atoms with Crippen molar-refractivity contribution in [3.8, 4) is 0 Å². The average molecular weight is 406 g/mol. The highest BCUT2D eigenvalue weighted by Crippen LogP contribution is 2.23. The fourth-order valence-electron chi connectivity index (χ4n) is 2.38. The molecule has 0 aliphatic heterocycles. The second-order valence-corrected chi connectivity index (χ2v) is 7.34. The molecule has 5 nitrogen and oxygen atoms in total. The molecule has 0 heterocycles. The van der Waals surface area contributed by atoms with E-state index in [1.54, 1.807) is 0 Å². The minimum Gasteiger partial charge on any atom is -0.322 e. The standard InChI is InChI=1S/C19H13F3N2O3S/c20-12-5-8-14(9-6-12)23-19(25)15-3-1-2-4-17(15)24-28(26,27)18-11-13(21)7-10-16(18)22/h1-11,24H,(H,23,25). The van der Waals surface area contributed by atoms with Crippen molar-refractivity contribution in [2.24, 2.45) is 0 Å². The summed E-state index contributed by atoms with van der Waals surface area (Å²) < 4.78 is 67.2. The maximum absolute atomic E-state index is 13.9. The number of carbonyl (C=O) groups is 1. The van der Waals surface area contributed by atoms with Gasteiger partial charge >= 0.3 is 0 Å². The van der Waals surface area contributed by atoms with Gasteiger partial charge in [-0.15, -0.1) is 0 Å². The van der Waals surface area contributed by atoms with Gasteiger partial charge in [0.2, 0.25) is 0 Å². The van der Waals surface area contributed by atoms with Crippen LogP contribution in [-0.2, 0) is 10.0 Å². The summed E-state index contributed by atoms with van der Waals surface area (Å²) in [4.78, 5) is 11.6. The van der Waals surface area contributed by atoms with Gasteiger partial charge < -0.3 is 5.32 Å². The summed E-state index contributed by atoms with van der Waals surface area (Å²) in [5.41, 5.74) is 0.0956. The number of benzene rings is 3. The number of amides is 1. The number of hydrogen-bond donors (Lipinski definition) is 2. The Balaban J connectivity index is 1.90. The Morgan fingerprint density at radius 1 is 0.821 bits per heavy atom. The van der Waals surface area contributed by atoms with E-state index in [1.807, 2.05) is 0 Å². The third-order valence-electron chi connectivity index (χ3n) is 3.70. The fraction of sp³-hybridized carbons (Fsp3) is 0. The number of sulfonamides is 1. The molecule has 0 saturated carbocycles. The van der Waals surface area contributed by atoms with Gasteiger partial charge in [0, 0.05) is 5.69 Å². The van der Waals surface area contributed by atoms with Crippen molar-refractivity contribution in [1.82, 2.24) is 0 Å². The molecular weight excluding hydrogens is 393 g/mol. The van der Waals surface area contributed by atoms with E-state index in [2.05, 4.69) is 10.0 Å². The summed E-state index contributed by atoms with van der Waals surface area (Å²) in [5, 5.41) is 2.50. The van der Waals surface area contributed by atoms with Gasteiger partial charge in [-0.1, -0.05) is 12.1 Å². The molecular formula is C19H13F3N2O3S. The SMILES string of the molecule is O=C(Nc1ccc(F)cc1)c1ccccc1NS(=O)(=O)c1cc(F)ccc1F. The first kappa shape index (κ1) is 19.4. The Hall–Kier alpha value is -3.33. The molecule has 0 unspecified atom stereocenters. The zero-order valence-electron chi connectivity index (χ0n) is 14.1. The summed E-state index contributed by atoms with van der Waals surface area (Å²) in [6, 6.07) is 12.6. The molecule has 1 amide bonds. The minimum absolute atomic E-state index is 0.0628. The summed E-state index contributed by atoms with van der Waals surface area (Å²) in [6.07, 6.45) is 0. The third-order valence-corrected chi connectivity index (χ3v) is 5.08. The van der Waals surface area contributed by atoms with Crippen LogP contribution >= 0.6 is 0 Å². The zero-order chi connectivity index (χ0) is 20.3. The summed E-state index contributed by atoms with van der Waals surface area (Å²) >= 11 is 0. The number of carbonyl (C=O) groups excluding carboxylic acids is 1. The molecule has 9 heteroatoms. The topological polar surface area (TPSA) is 75.3 Å². The van der Waals surface area contributed by atoms with Crippen molar-refractivity contribution in [2.45, 2.75) is 4.90 Å². The molecule has 0 bridgehead atoms. The molecule has 0 spiro atoms. The van der Waals surface area contributed by atoms with Crippen LogP contribution in [0.3, 0.4) is 0 Å². The first-order chi connectivity index (χ1) is 13.3. The number of nitrogens with one attached hydrogen (secondary N) is 2. The highest BCUT2D eigenvalue weighted by Gasteiger charge is 2.22. The van der Waals surface area contributed by atoms with Crippen LogP contribution < -0.4 is 10.0 Å². The fourth-order valence-corrected chi connectivity index (χ4v) is 3.55. The predicted octanol–water partition coefficient (Wildman–Crippen LogP) is 4.16. The van der Waals surface area contributed by atoms with E-state index < -0.39 is 38.3 Å². The van der Waals surface area contributed by atoms with Crippen molar-refractivity contribution < 1.29 is 26.4 Å². The highest BCUT2D eigenvalue weighted by molar-refractivity contribution is 7.92. The average Bonchev–Trinajstić information content (AvgIpc) is 2.65. The Morgan fingerprint density at radius 3 is 2.18 bits per heavy atom. The van der Waals surface area contributed by atoms with Crippen molar-refractivity contribution in [1.29, 1.82) is 0 Å². The van der Waals surface area contributed by atoms with E-state index in [-0.39, 0.29) is 11.3 Å². The number of halogens is 3. The maximum atomic E-state index is 13.9. The monoisotopic (exact) mass is 406 g/mol. The van der Waals surface area contributed by atoms with E-state index in [4.69, 9.17) is 0 Å². The molecule has 3 rings (SSSR count).